The van der Waals surface area contributed by atoms with Gasteiger partial charge in [-0.1, -0.05) is 30.1 Å². The van der Waals surface area contributed by atoms with Crippen LogP contribution < -0.4 is 0 Å². The number of aromatic hydroxyl groups is 1. The van der Waals surface area contributed by atoms with E-state index < -0.39 is 0 Å². The molecule has 0 spiro atoms. The van der Waals surface area contributed by atoms with Crippen LogP contribution in [-0.4, -0.2) is 10.9 Å². The molecule has 2 nitrogen and oxygen atoms in total. The molecular weight excluding hydrogens is 223 g/mol. The molecule has 0 aliphatic heterocycles. The van der Waals surface area contributed by atoms with E-state index in [1.807, 2.05) is 6.92 Å². The quantitative estimate of drug-likeness (QED) is 0.808. The number of rotatable bonds is 3. The van der Waals surface area contributed by atoms with Crippen molar-refractivity contribution in [3.8, 4) is 5.75 Å². The van der Waals surface area contributed by atoms with Gasteiger partial charge in [-0.25, -0.2) is 0 Å². The second-order valence-electron chi connectivity index (χ2n) is 2.96. The van der Waals surface area contributed by atoms with Gasteiger partial charge in [0.05, 0.1) is 10.6 Å². The lowest BCUT2D eigenvalue weighted by molar-refractivity contribution is 0.0979. The van der Waals surface area contributed by atoms with Gasteiger partial charge in [0.1, 0.15) is 5.75 Å². The third-order valence-electron chi connectivity index (χ3n) is 1.81. The molecule has 1 rings (SSSR count). The molecule has 1 N–H and O–H groups in total. The van der Waals surface area contributed by atoms with Gasteiger partial charge in [0.2, 0.25) is 0 Å². The normalized spacial score (nSPS) is 10.2. The molecule has 0 saturated heterocycles. The first kappa shape index (κ1) is 11.3. The minimum absolute atomic E-state index is 0.108. The number of hydrogen-bond acceptors (Lipinski definition) is 2. The molecule has 1 aromatic carbocycles. The number of benzene rings is 1. The molecule has 14 heavy (non-hydrogen) atoms. The Labute approximate surface area is 92.5 Å². The topological polar surface area (TPSA) is 37.3 Å². The molecule has 0 aromatic heterocycles. The van der Waals surface area contributed by atoms with Gasteiger partial charge in [0.15, 0.2) is 5.78 Å². The monoisotopic (exact) mass is 232 g/mol. The molecule has 0 aliphatic carbocycles. The summed E-state index contributed by atoms with van der Waals surface area (Å²) in [6.07, 6.45) is 1.10. The molecule has 0 fully saturated rings. The third-order valence-corrected chi connectivity index (χ3v) is 2.31. The standard InChI is InChI=1S/C10H10Cl2O2/c1-2-3-9(13)7-4-6(11)5-8(12)10(7)14/h4-5,14H,2-3H2,1H3. The van der Waals surface area contributed by atoms with Crippen LogP contribution in [0.1, 0.15) is 30.1 Å². The Morgan fingerprint density at radius 3 is 2.64 bits per heavy atom. The van der Waals surface area contributed by atoms with E-state index in [9.17, 15) is 9.90 Å². The first-order chi connectivity index (χ1) is 6.56. The first-order valence-electron chi connectivity index (χ1n) is 4.27. The van der Waals surface area contributed by atoms with Crippen LogP contribution >= 0.6 is 23.2 Å². The van der Waals surface area contributed by atoms with Gasteiger partial charge in [0, 0.05) is 11.4 Å². The average molecular weight is 233 g/mol. The molecule has 76 valence electrons. The summed E-state index contributed by atoms with van der Waals surface area (Å²) in [7, 11) is 0. The summed E-state index contributed by atoms with van der Waals surface area (Å²) >= 11 is 11.4. The highest BCUT2D eigenvalue weighted by atomic mass is 35.5. The van der Waals surface area contributed by atoms with Gasteiger partial charge in [-0.3, -0.25) is 4.79 Å². The molecule has 1 aromatic rings. The lowest BCUT2D eigenvalue weighted by Gasteiger charge is -2.05. The van der Waals surface area contributed by atoms with E-state index in [0.29, 0.717) is 11.4 Å². The van der Waals surface area contributed by atoms with E-state index in [-0.39, 0.29) is 22.1 Å². The number of halogens is 2. The zero-order valence-corrected chi connectivity index (χ0v) is 9.19. The minimum Gasteiger partial charge on any atom is -0.506 e. The predicted molar refractivity (Wildman–Crippen MR) is 57.4 cm³/mol. The SMILES string of the molecule is CCCC(=O)c1cc(Cl)cc(Cl)c1O. The van der Waals surface area contributed by atoms with E-state index in [1.165, 1.54) is 12.1 Å². The highest BCUT2D eigenvalue weighted by molar-refractivity contribution is 6.36. The summed E-state index contributed by atoms with van der Waals surface area (Å²) in [6.45, 7) is 1.89. The van der Waals surface area contributed by atoms with Crippen molar-refractivity contribution in [1.29, 1.82) is 0 Å². The molecule has 0 unspecified atom stereocenters. The summed E-state index contributed by atoms with van der Waals surface area (Å²) in [6, 6.07) is 2.84. The maximum atomic E-state index is 11.5. The van der Waals surface area contributed by atoms with E-state index in [4.69, 9.17) is 23.2 Å². The predicted octanol–water partition coefficient (Wildman–Crippen LogP) is 3.68. The molecule has 0 atom stereocenters. The van der Waals surface area contributed by atoms with Gasteiger partial charge in [-0.15, -0.1) is 0 Å². The van der Waals surface area contributed by atoms with E-state index in [0.717, 1.165) is 6.42 Å². The van der Waals surface area contributed by atoms with Crippen LogP contribution in [-0.2, 0) is 0 Å². The number of Topliss-reactive ketones (excluding diaryl/α,β-unsaturated/α-hetero) is 1. The fraction of sp³-hybridized carbons (Fsp3) is 0.300. The summed E-state index contributed by atoms with van der Waals surface area (Å²) in [5.41, 5.74) is 0.198. The third kappa shape index (κ3) is 2.40. The van der Waals surface area contributed by atoms with Gasteiger partial charge in [-0.2, -0.15) is 0 Å². The van der Waals surface area contributed by atoms with Crippen molar-refractivity contribution in [2.45, 2.75) is 19.8 Å². The summed E-state index contributed by atoms with van der Waals surface area (Å²) in [4.78, 5) is 11.5. The fourth-order valence-electron chi connectivity index (χ4n) is 1.14. The van der Waals surface area contributed by atoms with Crippen LogP contribution in [0.25, 0.3) is 0 Å². The summed E-state index contributed by atoms with van der Waals surface area (Å²) in [5, 5.41) is 9.97. The van der Waals surface area contributed by atoms with Crippen molar-refractivity contribution in [2.75, 3.05) is 0 Å². The molecule has 0 amide bonds. The van der Waals surface area contributed by atoms with Crippen LogP contribution in [0, 0.1) is 0 Å². The molecule has 0 bridgehead atoms. The lowest BCUT2D eigenvalue weighted by atomic mass is 10.1. The number of phenolic OH excluding ortho intramolecular Hbond substituents is 1. The number of ketones is 1. The second kappa shape index (κ2) is 4.67. The van der Waals surface area contributed by atoms with Crippen molar-refractivity contribution >= 4 is 29.0 Å². The second-order valence-corrected chi connectivity index (χ2v) is 3.80. The van der Waals surface area contributed by atoms with E-state index in [2.05, 4.69) is 0 Å². The molecule has 0 aliphatic rings. The molecule has 0 radical (unpaired) electrons. The Kier molecular flexibility index (Phi) is 3.78. The molecule has 0 heterocycles. The number of hydrogen-bond donors (Lipinski definition) is 1. The maximum Gasteiger partial charge on any atom is 0.166 e. The lowest BCUT2D eigenvalue weighted by Crippen LogP contribution is -1.98. The highest BCUT2D eigenvalue weighted by Gasteiger charge is 2.14. The Morgan fingerprint density at radius 2 is 2.07 bits per heavy atom. The van der Waals surface area contributed by atoms with Gasteiger partial charge in [-0.05, 0) is 18.6 Å². The first-order valence-corrected chi connectivity index (χ1v) is 5.03. The molecule has 0 saturated carbocycles. The number of carbonyl (C=O) groups is 1. The maximum absolute atomic E-state index is 11.5. The number of carbonyl (C=O) groups excluding carboxylic acids is 1. The Hall–Kier alpha value is -0.730. The van der Waals surface area contributed by atoms with Crippen molar-refractivity contribution in [2.24, 2.45) is 0 Å². The van der Waals surface area contributed by atoms with Crippen LogP contribution in [0.15, 0.2) is 12.1 Å². The zero-order chi connectivity index (χ0) is 10.7. The van der Waals surface area contributed by atoms with E-state index >= 15 is 0 Å². The van der Waals surface area contributed by atoms with Gasteiger partial charge >= 0.3 is 0 Å². The van der Waals surface area contributed by atoms with Crippen molar-refractivity contribution in [1.82, 2.24) is 0 Å². The molecular formula is C10H10Cl2O2. The summed E-state index contributed by atoms with van der Waals surface area (Å²) in [5.74, 6) is -0.330. The summed E-state index contributed by atoms with van der Waals surface area (Å²) < 4.78 is 0. The minimum atomic E-state index is -0.186. The Morgan fingerprint density at radius 1 is 1.43 bits per heavy atom. The smallest absolute Gasteiger partial charge is 0.166 e. The van der Waals surface area contributed by atoms with Crippen molar-refractivity contribution < 1.29 is 9.90 Å². The van der Waals surface area contributed by atoms with Gasteiger partial charge in [0.25, 0.3) is 0 Å². The fourth-order valence-corrected chi connectivity index (χ4v) is 1.63. The van der Waals surface area contributed by atoms with Crippen molar-refractivity contribution in [3.05, 3.63) is 27.7 Å². The largest absolute Gasteiger partial charge is 0.506 e. The Balaban J connectivity index is 3.13. The average Bonchev–Trinajstić information content (AvgIpc) is 2.11. The zero-order valence-electron chi connectivity index (χ0n) is 7.68. The van der Waals surface area contributed by atoms with Crippen molar-refractivity contribution in [3.63, 3.8) is 0 Å². The van der Waals surface area contributed by atoms with E-state index in [1.54, 1.807) is 0 Å². The van der Waals surface area contributed by atoms with Crippen LogP contribution in [0.3, 0.4) is 0 Å². The number of phenols is 1. The van der Waals surface area contributed by atoms with Crippen LogP contribution in [0.5, 0.6) is 5.75 Å². The van der Waals surface area contributed by atoms with Gasteiger partial charge < -0.3 is 5.11 Å². The van der Waals surface area contributed by atoms with Crippen LogP contribution in [0.2, 0.25) is 10.0 Å². The Bertz CT molecular complexity index is 361. The van der Waals surface area contributed by atoms with Crippen LogP contribution in [0.4, 0.5) is 0 Å². The highest BCUT2D eigenvalue weighted by Crippen LogP contribution is 2.31. The molecule has 4 heteroatoms.